The molecule has 0 bridgehead atoms. The zero-order valence-corrected chi connectivity index (χ0v) is 10.8. The second-order valence-corrected chi connectivity index (χ2v) is 4.50. The van der Waals surface area contributed by atoms with Gasteiger partial charge in [-0.25, -0.2) is 0 Å². The fourth-order valence-electron chi connectivity index (χ4n) is 1.80. The molecule has 0 spiro atoms. The van der Waals surface area contributed by atoms with Crippen LogP contribution in [0.25, 0.3) is 10.8 Å². The van der Waals surface area contributed by atoms with Crippen LogP contribution in [0.5, 0.6) is 0 Å². The molecular weight excluding hydrogens is 253 g/mol. The lowest BCUT2D eigenvalue weighted by molar-refractivity contribution is 0.759. The molecule has 88 valence electrons. The van der Waals surface area contributed by atoms with Crippen molar-refractivity contribution in [3.8, 4) is 0 Å². The SMILES string of the molecule is ClC=C(Cl)CNCc1cccc2ccccc12. The predicted octanol–water partition coefficient (Wildman–Crippen LogP) is 4.25. The van der Waals surface area contributed by atoms with E-state index in [1.54, 1.807) is 0 Å². The Labute approximate surface area is 111 Å². The normalized spacial score (nSPS) is 12.0. The van der Waals surface area contributed by atoms with E-state index in [1.165, 1.54) is 21.9 Å². The van der Waals surface area contributed by atoms with Crippen molar-refractivity contribution >= 4 is 34.0 Å². The third kappa shape index (κ3) is 3.22. The highest BCUT2D eigenvalue weighted by Gasteiger charge is 1.99. The van der Waals surface area contributed by atoms with Crippen molar-refractivity contribution in [1.29, 1.82) is 0 Å². The first-order valence-corrected chi connectivity index (χ1v) is 6.25. The molecule has 1 N–H and O–H groups in total. The molecule has 0 heterocycles. The van der Waals surface area contributed by atoms with Crippen LogP contribution in [0.1, 0.15) is 5.56 Å². The smallest absolute Gasteiger partial charge is 0.0432 e. The summed E-state index contributed by atoms with van der Waals surface area (Å²) in [6.07, 6.45) is 0. The predicted molar refractivity (Wildman–Crippen MR) is 75.4 cm³/mol. The molecule has 0 saturated heterocycles. The van der Waals surface area contributed by atoms with Gasteiger partial charge in [0.25, 0.3) is 0 Å². The molecule has 1 nitrogen and oxygen atoms in total. The van der Waals surface area contributed by atoms with E-state index in [0.29, 0.717) is 11.6 Å². The first kappa shape index (κ1) is 12.4. The minimum Gasteiger partial charge on any atom is -0.308 e. The van der Waals surface area contributed by atoms with Gasteiger partial charge in [-0.15, -0.1) is 0 Å². The topological polar surface area (TPSA) is 12.0 Å². The molecule has 2 aromatic rings. The number of nitrogens with one attached hydrogen (secondary N) is 1. The zero-order valence-electron chi connectivity index (χ0n) is 9.29. The van der Waals surface area contributed by atoms with Crippen LogP contribution in [0.4, 0.5) is 0 Å². The highest BCUT2D eigenvalue weighted by Crippen LogP contribution is 2.18. The molecule has 0 unspecified atom stereocenters. The Morgan fingerprint density at radius 1 is 1.12 bits per heavy atom. The van der Waals surface area contributed by atoms with E-state index < -0.39 is 0 Å². The molecule has 0 atom stereocenters. The molecule has 17 heavy (non-hydrogen) atoms. The largest absolute Gasteiger partial charge is 0.308 e. The fraction of sp³-hybridized carbons (Fsp3) is 0.143. The van der Waals surface area contributed by atoms with Crippen LogP contribution in [-0.2, 0) is 6.54 Å². The first-order chi connectivity index (χ1) is 8.31. The molecule has 2 aromatic carbocycles. The van der Waals surface area contributed by atoms with Crippen LogP contribution < -0.4 is 5.32 Å². The van der Waals surface area contributed by atoms with Gasteiger partial charge in [0.1, 0.15) is 0 Å². The van der Waals surface area contributed by atoms with Crippen LogP contribution in [0.2, 0.25) is 0 Å². The third-order valence-corrected chi connectivity index (χ3v) is 3.23. The Bertz CT molecular complexity index is 529. The van der Waals surface area contributed by atoms with E-state index in [-0.39, 0.29) is 0 Å². The molecule has 0 saturated carbocycles. The van der Waals surface area contributed by atoms with Crippen molar-refractivity contribution in [3.63, 3.8) is 0 Å². The van der Waals surface area contributed by atoms with Gasteiger partial charge in [0, 0.05) is 23.7 Å². The lowest BCUT2D eigenvalue weighted by Crippen LogP contribution is -2.14. The molecule has 2 rings (SSSR count). The van der Waals surface area contributed by atoms with Crippen LogP contribution in [0.15, 0.2) is 53.0 Å². The Morgan fingerprint density at radius 3 is 2.71 bits per heavy atom. The van der Waals surface area contributed by atoms with Crippen molar-refractivity contribution < 1.29 is 0 Å². The number of benzene rings is 2. The number of hydrogen-bond donors (Lipinski definition) is 1. The summed E-state index contributed by atoms with van der Waals surface area (Å²) >= 11 is 11.3. The lowest BCUT2D eigenvalue weighted by atomic mass is 10.0. The summed E-state index contributed by atoms with van der Waals surface area (Å²) in [5.41, 5.74) is 2.65. The van der Waals surface area contributed by atoms with Crippen molar-refractivity contribution in [2.45, 2.75) is 6.54 Å². The van der Waals surface area contributed by atoms with Crippen molar-refractivity contribution in [2.75, 3.05) is 6.54 Å². The monoisotopic (exact) mass is 265 g/mol. The summed E-state index contributed by atoms with van der Waals surface area (Å²) in [4.78, 5) is 0. The van der Waals surface area contributed by atoms with E-state index in [9.17, 15) is 0 Å². The first-order valence-electron chi connectivity index (χ1n) is 5.43. The van der Waals surface area contributed by atoms with Gasteiger partial charge >= 0.3 is 0 Å². The van der Waals surface area contributed by atoms with Gasteiger partial charge in [0.2, 0.25) is 0 Å². The minimum absolute atomic E-state index is 0.592. The summed E-state index contributed by atoms with van der Waals surface area (Å²) in [5.74, 6) is 0. The molecule has 3 heteroatoms. The summed E-state index contributed by atoms with van der Waals surface area (Å²) in [7, 11) is 0. The standard InChI is InChI=1S/C14H13Cl2N/c15-8-13(16)10-17-9-12-6-3-5-11-4-1-2-7-14(11)12/h1-8,17H,9-10H2. The molecule has 0 fully saturated rings. The maximum absolute atomic E-state index is 5.82. The lowest BCUT2D eigenvalue weighted by Gasteiger charge is -2.07. The summed E-state index contributed by atoms with van der Waals surface area (Å²) in [6, 6.07) is 14.6. The van der Waals surface area contributed by atoms with E-state index >= 15 is 0 Å². The molecule has 0 aromatic heterocycles. The molecule has 0 aliphatic rings. The highest BCUT2D eigenvalue weighted by atomic mass is 35.5. The van der Waals surface area contributed by atoms with Crippen LogP contribution in [0, 0.1) is 0 Å². The fourth-order valence-corrected chi connectivity index (χ4v) is 1.97. The Balaban J connectivity index is 2.13. The van der Waals surface area contributed by atoms with Gasteiger partial charge in [-0.2, -0.15) is 0 Å². The van der Waals surface area contributed by atoms with Gasteiger partial charge in [-0.05, 0) is 16.3 Å². The van der Waals surface area contributed by atoms with Gasteiger partial charge in [-0.1, -0.05) is 65.7 Å². The maximum Gasteiger partial charge on any atom is 0.0432 e. The van der Waals surface area contributed by atoms with Gasteiger partial charge in [0.15, 0.2) is 0 Å². The molecule has 0 radical (unpaired) electrons. The maximum atomic E-state index is 5.82. The summed E-state index contributed by atoms with van der Waals surface area (Å²) in [5, 5.41) is 6.40. The van der Waals surface area contributed by atoms with E-state index in [2.05, 4.69) is 41.7 Å². The molecule has 0 amide bonds. The van der Waals surface area contributed by atoms with Crippen LogP contribution in [0.3, 0.4) is 0 Å². The average molecular weight is 266 g/mol. The highest BCUT2D eigenvalue weighted by molar-refractivity contribution is 6.36. The third-order valence-electron chi connectivity index (χ3n) is 2.61. The number of fused-ring (bicyclic) bond motifs is 1. The van der Waals surface area contributed by atoms with Gasteiger partial charge < -0.3 is 5.32 Å². The zero-order chi connectivity index (χ0) is 12.1. The minimum atomic E-state index is 0.592. The van der Waals surface area contributed by atoms with Crippen LogP contribution >= 0.6 is 23.2 Å². The van der Waals surface area contributed by atoms with Gasteiger partial charge in [0.05, 0.1) is 0 Å². The number of halogens is 2. The van der Waals surface area contributed by atoms with Crippen molar-refractivity contribution in [1.82, 2.24) is 5.32 Å². The summed E-state index contributed by atoms with van der Waals surface area (Å²) < 4.78 is 0. The molecular formula is C14H13Cl2N. The van der Waals surface area contributed by atoms with E-state index in [0.717, 1.165) is 6.54 Å². The van der Waals surface area contributed by atoms with Crippen molar-refractivity contribution in [2.24, 2.45) is 0 Å². The second-order valence-electron chi connectivity index (χ2n) is 3.80. The van der Waals surface area contributed by atoms with Crippen LogP contribution in [-0.4, -0.2) is 6.54 Å². The number of hydrogen-bond acceptors (Lipinski definition) is 1. The van der Waals surface area contributed by atoms with Gasteiger partial charge in [-0.3, -0.25) is 0 Å². The Kier molecular flexibility index (Phi) is 4.43. The Morgan fingerprint density at radius 2 is 1.88 bits per heavy atom. The Hall–Kier alpha value is -1.02. The summed E-state index contributed by atoms with van der Waals surface area (Å²) in [6.45, 7) is 1.37. The van der Waals surface area contributed by atoms with Crippen molar-refractivity contribution in [3.05, 3.63) is 58.6 Å². The second kappa shape index (κ2) is 6.06. The molecule has 0 aliphatic heterocycles. The quantitative estimate of drug-likeness (QED) is 0.872. The number of rotatable bonds is 4. The van der Waals surface area contributed by atoms with E-state index in [4.69, 9.17) is 23.2 Å². The average Bonchev–Trinajstić information content (AvgIpc) is 2.39. The van der Waals surface area contributed by atoms with E-state index in [1.807, 2.05) is 6.07 Å². The molecule has 0 aliphatic carbocycles.